The molecule has 1 aromatic rings. The van der Waals surface area contributed by atoms with E-state index >= 15 is 0 Å². The number of nitrogens with one attached hydrogen (secondary N) is 1. The van der Waals surface area contributed by atoms with Gasteiger partial charge in [0.15, 0.2) is 0 Å². The maximum atomic E-state index is 13.6. The molecule has 0 saturated carbocycles. The summed E-state index contributed by atoms with van der Waals surface area (Å²) in [6, 6.07) is 4.09. The van der Waals surface area contributed by atoms with Gasteiger partial charge >= 0.3 is 6.03 Å². The molecule has 1 heterocycles. The van der Waals surface area contributed by atoms with Gasteiger partial charge in [-0.2, -0.15) is 0 Å². The second kappa shape index (κ2) is 6.02. The van der Waals surface area contributed by atoms with E-state index in [2.05, 4.69) is 5.32 Å². The third-order valence-corrected chi connectivity index (χ3v) is 3.46. The summed E-state index contributed by atoms with van der Waals surface area (Å²) in [7, 11) is 0. The van der Waals surface area contributed by atoms with Crippen LogP contribution < -0.4 is 5.32 Å². The number of urea groups is 1. The van der Waals surface area contributed by atoms with Crippen molar-refractivity contribution in [2.24, 2.45) is 0 Å². The molecule has 5 heteroatoms. The summed E-state index contributed by atoms with van der Waals surface area (Å²) in [6.45, 7) is 2.39. The Morgan fingerprint density at radius 3 is 3.05 bits per heavy atom. The molecule has 0 bridgehead atoms. The van der Waals surface area contributed by atoms with E-state index in [1.807, 2.05) is 6.92 Å². The van der Waals surface area contributed by atoms with Crippen molar-refractivity contribution in [3.05, 3.63) is 29.6 Å². The van der Waals surface area contributed by atoms with Crippen LogP contribution in [0.15, 0.2) is 18.2 Å². The van der Waals surface area contributed by atoms with Gasteiger partial charge < -0.3 is 15.3 Å². The van der Waals surface area contributed by atoms with Crippen LogP contribution >= 0.6 is 0 Å². The number of likely N-dealkylation sites (tertiary alicyclic amines) is 1. The van der Waals surface area contributed by atoms with Gasteiger partial charge in [0.05, 0.1) is 18.3 Å². The van der Waals surface area contributed by atoms with Gasteiger partial charge in [0.1, 0.15) is 5.82 Å². The van der Waals surface area contributed by atoms with E-state index in [1.165, 1.54) is 6.07 Å². The van der Waals surface area contributed by atoms with Crippen LogP contribution in [0.25, 0.3) is 0 Å². The van der Waals surface area contributed by atoms with Gasteiger partial charge in [-0.25, -0.2) is 9.18 Å². The molecule has 1 aliphatic rings. The first-order valence-corrected chi connectivity index (χ1v) is 6.56. The Morgan fingerprint density at radius 2 is 2.32 bits per heavy atom. The van der Waals surface area contributed by atoms with E-state index in [0.29, 0.717) is 6.54 Å². The van der Waals surface area contributed by atoms with Crippen molar-refractivity contribution in [3.8, 4) is 0 Å². The number of hydrogen-bond acceptors (Lipinski definition) is 2. The molecular formula is C14H19FN2O2. The van der Waals surface area contributed by atoms with Crippen molar-refractivity contribution < 1.29 is 14.3 Å². The topological polar surface area (TPSA) is 52.6 Å². The first kappa shape index (κ1) is 13.8. The zero-order chi connectivity index (χ0) is 13.8. The fourth-order valence-electron chi connectivity index (χ4n) is 2.38. The number of benzene rings is 1. The van der Waals surface area contributed by atoms with Crippen molar-refractivity contribution in [1.29, 1.82) is 0 Å². The lowest BCUT2D eigenvalue weighted by Crippen LogP contribution is -2.47. The van der Waals surface area contributed by atoms with Gasteiger partial charge in [-0.05, 0) is 43.9 Å². The number of aryl methyl sites for hydroxylation is 1. The average molecular weight is 266 g/mol. The molecular weight excluding hydrogens is 247 g/mol. The van der Waals surface area contributed by atoms with Crippen molar-refractivity contribution in [2.45, 2.75) is 32.2 Å². The number of anilines is 1. The normalized spacial score (nSPS) is 19.3. The van der Waals surface area contributed by atoms with Gasteiger partial charge in [0.2, 0.25) is 0 Å². The molecule has 1 unspecified atom stereocenters. The number of piperidine rings is 1. The summed E-state index contributed by atoms with van der Waals surface area (Å²) < 4.78 is 13.6. The van der Waals surface area contributed by atoms with Gasteiger partial charge in [0.25, 0.3) is 0 Å². The average Bonchev–Trinajstić information content (AvgIpc) is 2.42. The number of aliphatic hydroxyl groups excluding tert-OH is 1. The van der Waals surface area contributed by atoms with Crippen LogP contribution in [0.1, 0.15) is 24.8 Å². The minimum atomic E-state index is -0.448. The van der Waals surface area contributed by atoms with E-state index in [0.717, 1.165) is 24.8 Å². The minimum absolute atomic E-state index is 0.0519. The van der Waals surface area contributed by atoms with E-state index in [9.17, 15) is 14.3 Å². The highest BCUT2D eigenvalue weighted by Crippen LogP contribution is 2.20. The zero-order valence-corrected chi connectivity index (χ0v) is 11.0. The maximum Gasteiger partial charge on any atom is 0.322 e. The summed E-state index contributed by atoms with van der Waals surface area (Å²) in [4.78, 5) is 13.7. The number of nitrogens with zero attached hydrogens (tertiary/aromatic N) is 1. The molecule has 0 radical (unpaired) electrons. The molecule has 2 N–H and O–H groups in total. The van der Waals surface area contributed by atoms with Crippen LogP contribution in [0.3, 0.4) is 0 Å². The first-order chi connectivity index (χ1) is 9.11. The highest BCUT2D eigenvalue weighted by molar-refractivity contribution is 5.89. The summed E-state index contributed by atoms with van der Waals surface area (Å²) in [5.41, 5.74) is 1.07. The molecule has 1 aliphatic heterocycles. The second-order valence-electron chi connectivity index (χ2n) is 4.94. The predicted molar refractivity (Wildman–Crippen MR) is 71.6 cm³/mol. The number of carbonyl (C=O) groups is 1. The van der Waals surface area contributed by atoms with Gasteiger partial charge in [-0.15, -0.1) is 0 Å². The SMILES string of the molecule is Cc1ccc(F)c(NC(=O)N2CCCCC2CO)c1. The van der Waals surface area contributed by atoms with Crippen molar-refractivity contribution in [2.75, 3.05) is 18.5 Å². The zero-order valence-electron chi connectivity index (χ0n) is 11.0. The molecule has 2 rings (SSSR count). The molecule has 0 aromatic heterocycles. The van der Waals surface area contributed by atoms with Gasteiger partial charge in [-0.3, -0.25) is 0 Å². The molecule has 1 fully saturated rings. The lowest BCUT2D eigenvalue weighted by atomic mass is 10.0. The van der Waals surface area contributed by atoms with Crippen LogP contribution in [-0.2, 0) is 0 Å². The lowest BCUT2D eigenvalue weighted by molar-refractivity contribution is 0.115. The number of halogens is 1. The molecule has 1 atom stereocenters. The highest BCUT2D eigenvalue weighted by atomic mass is 19.1. The summed E-state index contributed by atoms with van der Waals surface area (Å²) in [5.74, 6) is -0.448. The Morgan fingerprint density at radius 1 is 1.53 bits per heavy atom. The highest BCUT2D eigenvalue weighted by Gasteiger charge is 2.26. The molecule has 19 heavy (non-hydrogen) atoms. The van der Waals surface area contributed by atoms with Crippen LogP contribution in [0.2, 0.25) is 0 Å². The number of aliphatic hydroxyl groups is 1. The van der Waals surface area contributed by atoms with Crippen molar-refractivity contribution >= 4 is 11.7 Å². The Balaban J connectivity index is 2.09. The smallest absolute Gasteiger partial charge is 0.322 e. The molecule has 1 aromatic carbocycles. The standard InChI is InChI=1S/C14H19FN2O2/c1-10-5-6-12(15)13(8-10)16-14(19)17-7-3-2-4-11(17)9-18/h5-6,8,11,18H,2-4,7,9H2,1H3,(H,16,19). The van der Waals surface area contributed by atoms with Crippen LogP contribution in [0.5, 0.6) is 0 Å². The monoisotopic (exact) mass is 266 g/mol. The predicted octanol–water partition coefficient (Wildman–Crippen LogP) is 2.51. The van der Waals surface area contributed by atoms with Gasteiger partial charge in [-0.1, -0.05) is 6.07 Å². The van der Waals surface area contributed by atoms with Crippen molar-refractivity contribution in [1.82, 2.24) is 4.90 Å². The molecule has 104 valence electrons. The molecule has 0 spiro atoms. The fraction of sp³-hybridized carbons (Fsp3) is 0.500. The van der Waals surface area contributed by atoms with Gasteiger partial charge in [0, 0.05) is 6.54 Å². The third kappa shape index (κ3) is 3.23. The Kier molecular flexibility index (Phi) is 4.37. The lowest BCUT2D eigenvalue weighted by Gasteiger charge is -2.34. The van der Waals surface area contributed by atoms with E-state index in [4.69, 9.17) is 0 Å². The summed E-state index contributed by atoms with van der Waals surface area (Å²) >= 11 is 0. The van der Waals surface area contributed by atoms with E-state index in [1.54, 1.807) is 17.0 Å². The van der Waals surface area contributed by atoms with E-state index < -0.39 is 5.82 Å². The molecule has 2 amide bonds. The Bertz CT molecular complexity index is 465. The first-order valence-electron chi connectivity index (χ1n) is 6.56. The number of carbonyl (C=O) groups excluding carboxylic acids is 1. The molecule has 1 saturated heterocycles. The van der Waals surface area contributed by atoms with E-state index in [-0.39, 0.29) is 24.4 Å². The fourth-order valence-corrected chi connectivity index (χ4v) is 2.38. The largest absolute Gasteiger partial charge is 0.394 e. The Hall–Kier alpha value is -1.62. The van der Waals surface area contributed by atoms with Crippen LogP contribution in [0.4, 0.5) is 14.9 Å². The molecule has 0 aliphatic carbocycles. The molecule has 4 nitrogen and oxygen atoms in total. The maximum absolute atomic E-state index is 13.6. The van der Waals surface area contributed by atoms with Crippen LogP contribution in [-0.4, -0.2) is 35.2 Å². The Labute approximate surface area is 112 Å². The second-order valence-corrected chi connectivity index (χ2v) is 4.94. The third-order valence-electron chi connectivity index (χ3n) is 3.46. The number of rotatable bonds is 2. The summed E-state index contributed by atoms with van der Waals surface area (Å²) in [6.07, 6.45) is 2.72. The number of hydrogen-bond donors (Lipinski definition) is 2. The van der Waals surface area contributed by atoms with Crippen LogP contribution in [0, 0.1) is 12.7 Å². The number of amides is 2. The quantitative estimate of drug-likeness (QED) is 0.864. The minimum Gasteiger partial charge on any atom is -0.394 e. The van der Waals surface area contributed by atoms with Crippen molar-refractivity contribution in [3.63, 3.8) is 0 Å². The summed E-state index contributed by atoms with van der Waals surface area (Å²) in [5, 5.41) is 11.9.